The van der Waals surface area contributed by atoms with Crippen molar-refractivity contribution in [2.75, 3.05) is 25.5 Å². The molecular formula is C28H28ClN5O4S. The molecule has 3 aromatic rings. The monoisotopic (exact) mass is 565 g/mol. The molecule has 1 aromatic carbocycles. The van der Waals surface area contributed by atoms with E-state index in [9.17, 15) is 13.2 Å². The van der Waals surface area contributed by atoms with Gasteiger partial charge in [0.15, 0.2) is 5.75 Å². The third-order valence-corrected chi connectivity index (χ3v) is 8.96. The van der Waals surface area contributed by atoms with Gasteiger partial charge in [0.2, 0.25) is 10.0 Å². The minimum atomic E-state index is -3.64. The molecule has 2 aliphatic rings. The number of aromatic nitrogens is 2. The molecule has 0 unspecified atom stereocenters. The second kappa shape index (κ2) is 10.4. The number of amides is 1. The Kier molecular flexibility index (Phi) is 7.16. The zero-order valence-electron chi connectivity index (χ0n) is 21.6. The third-order valence-electron chi connectivity index (χ3n) is 7.05. The highest BCUT2D eigenvalue weighted by atomic mass is 35.5. The van der Waals surface area contributed by atoms with Crippen LogP contribution in [0.4, 0.5) is 11.4 Å². The molecule has 202 valence electrons. The van der Waals surface area contributed by atoms with Gasteiger partial charge in [0, 0.05) is 48.6 Å². The Balaban J connectivity index is 1.64. The molecule has 0 saturated carbocycles. The largest absolute Gasteiger partial charge is 0.493 e. The molecule has 0 aliphatic carbocycles. The summed E-state index contributed by atoms with van der Waals surface area (Å²) >= 11 is 6.36. The number of H-pyrrole nitrogens is 1. The standard InChI is InChI=1S/C28H28ClN5O4S/c1-4-39(36,37)34-16-6-12-28(34,2)13-9-18-17-30-14-10-19(18)24-25(23-21(32-24)11-15-31-27(23)35)33-22-8-5-7-20(29)26(22)38-3/h4-5,7-8,10,14,17,32-33H,1,6,11-12,15-16H2,2-3H3,(H,31,35)/t28-/m1/s1. The number of hydrogen-bond acceptors (Lipinski definition) is 6. The lowest BCUT2D eigenvalue weighted by atomic mass is 9.99. The van der Waals surface area contributed by atoms with Crippen molar-refractivity contribution < 1.29 is 17.9 Å². The van der Waals surface area contributed by atoms with E-state index < -0.39 is 15.6 Å². The first-order valence-electron chi connectivity index (χ1n) is 12.4. The summed E-state index contributed by atoms with van der Waals surface area (Å²) in [5.74, 6) is 6.63. The summed E-state index contributed by atoms with van der Waals surface area (Å²) in [5.41, 5.74) is 3.50. The van der Waals surface area contributed by atoms with Crippen molar-refractivity contribution in [2.45, 2.75) is 31.7 Å². The molecule has 1 atom stereocenters. The normalized spacial score (nSPS) is 19.0. The van der Waals surface area contributed by atoms with Crippen molar-refractivity contribution in [1.82, 2.24) is 19.6 Å². The van der Waals surface area contributed by atoms with Crippen LogP contribution < -0.4 is 15.4 Å². The number of nitrogens with one attached hydrogen (secondary N) is 3. The average molecular weight is 566 g/mol. The van der Waals surface area contributed by atoms with Gasteiger partial charge in [-0.3, -0.25) is 9.78 Å². The number of aromatic amines is 1. The van der Waals surface area contributed by atoms with Crippen LogP contribution >= 0.6 is 11.6 Å². The van der Waals surface area contributed by atoms with Crippen LogP contribution in [0.2, 0.25) is 5.02 Å². The molecule has 0 bridgehead atoms. The van der Waals surface area contributed by atoms with Crippen molar-refractivity contribution in [1.29, 1.82) is 0 Å². The summed E-state index contributed by atoms with van der Waals surface area (Å²) in [6.07, 6.45) is 5.21. The van der Waals surface area contributed by atoms with E-state index in [4.69, 9.17) is 16.3 Å². The van der Waals surface area contributed by atoms with Gasteiger partial charge in [-0.25, -0.2) is 8.42 Å². The first kappa shape index (κ1) is 26.8. The van der Waals surface area contributed by atoms with Crippen molar-refractivity contribution in [2.24, 2.45) is 0 Å². The second-order valence-corrected chi connectivity index (χ2v) is 11.7. The molecule has 39 heavy (non-hydrogen) atoms. The topological polar surface area (TPSA) is 116 Å². The summed E-state index contributed by atoms with van der Waals surface area (Å²) in [6.45, 7) is 6.18. The maximum atomic E-state index is 13.0. The van der Waals surface area contributed by atoms with Crippen molar-refractivity contribution >= 4 is 38.9 Å². The summed E-state index contributed by atoms with van der Waals surface area (Å²) < 4.78 is 32.1. The van der Waals surface area contributed by atoms with E-state index >= 15 is 0 Å². The molecule has 0 spiro atoms. The van der Waals surface area contributed by atoms with Crippen LogP contribution in [-0.2, 0) is 16.4 Å². The zero-order valence-corrected chi connectivity index (χ0v) is 23.2. The number of carbonyl (C=O) groups excluding carboxylic acids is 1. The van der Waals surface area contributed by atoms with Crippen LogP contribution in [0.25, 0.3) is 11.3 Å². The van der Waals surface area contributed by atoms with Gasteiger partial charge in [-0.2, -0.15) is 4.31 Å². The fourth-order valence-electron chi connectivity index (χ4n) is 5.13. The third kappa shape index (κ3) is 4.89. The number of benzene rings is 1. The van der Waals surface area contributed by atoms with Crippen LogP contribution in [0.3, 0.4) is 0 Å². The lowest BCUT2D eigenvalue weighted by Crippen LogP contribution is -2.42. The predicted octanol–water partition coefficient (Wildman–Crippen LogP) is 4.45. The number of ether oxygens (including phenoxy) is 1. The van der Waals surface area contributed by atoms with Crippen LogP contribution in [0.1, 0.15) is 41.4 Å². The van der Waals surface area contributed by atoms with Crippen molar-refractivity contribution in [3.05, 3.63) is 70.5 Å². The number of sulfonamides is 1. The lowest BCUT2D eigenvalue weighted by molar-refractivity contribution is 0.0947. The minimum Gasteiger partial charge on any atom is -0.493 e. The van der Waals surface area contributed by atoms with Crippen LogP contribution in [0.5, 0.6) is 5.75 Å². The first-order valence-corrected chi connectivity index (χ1v) is 14.3. The average Bonchev–Trinajstić information content (AvgIpc) is 3.50. The summed E-state index contributed by atoms with van der Waals surface area (Å²) in [5, 5.41) is 7.67. The Hall–Kier alpha value is -3.78. The van der Waals surface area contributed by atoms with Gasteiger partial charge in [0.1, 0.15) is 0 Å². The fourth-order valence-corrected chi connectivity index (χ4v) is 6.64. The SMILES string of the molecule is C=CS(=O)(=O)N1CCC[C@]1(C)C#Cc1cnccc1-c1[nH]c2c(c1Nc1cccc(Cl)c1OC)C(=O)NCC2. The van der Waals surface area contributed by atoms with E-state index in [1.165, 1.54) is 11.4 Å². The number of carbonyl (C=O) groups is 1. The summed E-state index contributed by atoms with van der Waals surface area (Å²) in [6, 6.07) is 7.15. The number of halogens is 1. The van der Waals surface area contributed by atoms with Crippen molar-refractivity contribution in [3.8, 4) is 28.8 Å². The van der Waals surface area contributed by atoms with Gasteiger partial charge >= 0.3 is 0 Å². The molecule has 5 rings (SSSR count). The summed E-state index contributed by atoms with van der Waals surface area (Å²) in [7, 11) is -2.11. The Bertz CT molecular complexity index is 1640. The van der Waals surface area contributed by atoms with Crippen LogP contribution in [0.15, 0.2) is 48.6 Å². The number of anilines is 2. The molecule has 1 fully saturated rings. The second-order valence-electron chi connectivity index (χ2n) is 9.51. The molecule has 3 N–H and O–H groups in total. The Labute approximate surface area is 232 Å². The quantitative estimate of drug-likeness (QED) is 0.380. The van der Waals surface area contributed by atoms with E-state index in [1.54, 1.807) is 24.5 Å². The fraction of sp³-hybridized carbons (Fsp3) is 0.286. The number of hydrogen-bond donors (Lipinski definition) is 3. The van der Waals surface area contributed by atoms with Crippen LogP contribution in [-0.4, -0.2) is 54.3 Å². The van der Waals surface area contributed by atoms with E-state index in [1.807, 2.05) is 19.1 Å². The lowest BCUT2D eigenvalue weighted by Gasteiger charge is -2.28. The molecule has 1 saturated heterocycles. The smallest absolute Gasteiger partial charge is 0.255 e. The molecule has 2 aliphatic heterocycles. The highest BCUT2D eigenvalue weighted by Gasteiger charge is 2.41. The number of nitrogens with zero attached hydrogens (tertiary/aromatic N) is 2. The van der Waals surface area contributed by atoms with Gasteiger partial charge in [0.25, 0.3) is 5.91 Å². The number of fused-ring (bicyclic) bond motifs is 1. The number of methoxy groups -OCH3 is 1. The van der Waals surface area contributed by atoms with Gasteiger partial charge < -0.3 is 20.4 Å². The summed E-state index contributed by atoms with van der Waals surface area (Å²) in [4.78, 5) is 20.7. The molecular weight excluding hydrogens is 538 g/mol. The molecule has 4 heterocycles. The zero-order chi connectivity index (χ0) is 27.8. The van der Waals surface area contributed by atoms with E-state index in [0.29, 0.717) is 76.9 Å². The van der Waals surface area contributed by atoms with E-state index in [-0.39, 0.29) is 5.91 Å². The molecule has 2 aromatic heterocycles. The maximum absolute atomic E-state index is 13.0. The van der Waals surface area contributed by atoms with Crippen molar-refractivity contribution in [3.63, 3.8) is 0 Å². The molecule has 9 nitrogen and oxygen atoms in total. The molecule has 0 radical (unpaired) electrons. The predicted molar refractivity (Wildman–Crippen MR) is 152 cm³/mol. The first-order chi connectivity index (χ1) is 18.7. The van der Waals surface area contributed by atoms with Gasteiger partial charge in [-0.05, 0) is 38.0 Å². The van der Waals surface area contributed by atoms with E-state index in [2.05, 4.69) is 39.0 Å². The van der Waals surface area contributed by atoms with E-state index in [0.717, 1.165) is 11.1 Å². The number of para-hydroxylation sites is 1. The highest BCUT2D eigenvalue weighted by molar-refractivity contribution is 7.92. The molecule has 1 amide bonds. The maximum Gasteiger partial charge on any atom is 0.255 e. The Morgan fingerprint density at radius 2 is 2.15 bits per heavy atom. The van der Waals surface area contributed by atoms with Gasteiger partial charge in [-0.15, -0.1) is 0 Å². The number of pyridine rings is 1. The van der Waals surface area contributed by atoms with Gasteiger partial charge in [0.05, 0.1) is 45.9 Å². The highest BCUT2D eigenvalue weighted by Crippen LogP contribution is 2.41. The number of rotatable bonds is 6. The van der Waals surface area contributed by atoms with Crippen LogP contribution in [0, 0.1) is 11.8 Å². The Morgan fingerprint density at radius 1 is 1.33 bits per heavy atom. The Morgan fingerprint density at radius 3 is 2.92 bits per heavy atom. The molecule has 11 heteroatoms. The van der Waals surface area contributed by atoms with Gasteiger partial charge in [-0.1, -0.05) is 36.1 Å². The minimum absolute atomic E-state index is 0.201.